The maximum Gasteiger partial charge on any atom is 0.144 e. The van der Waals surface area contributed by atoms with Crippen molar-refractivity contribution in [2.45, 2.75) is 32.6 Å². The Bertz CT molecular complexity index is 948. The van der Waals surface area contributed by atoms with Gasteiger partial charge in [-0.05, 0) is 25.1 Å². The van der Waals surface area contributed by atoms with Crippen LogP contribution in [0.15, 0.2) is 43.0 Å². The van der Waals surface area contributed by atoms with Crippen LogP contribution in [-0.4, -0.2) is 33.1 Å². The van der Waals surface area contributed by atoms with E-state index >= 15 is 0 Å². The van der Waals surface area contributed by atoms with E-state index in [1.54, 1.807) is 6.33 Å². The highest BCUT2D eigenvalue weighted by Crippen LogP contribution is 2.38. The third-order valence-corrected chi connectivity index (χ3v) is 4.90. The van der Waals surface area contributed by atoms with Gasteiger partial charge in [0, 0.05) is 53.7 Å². The lowest BCUT2D eigenvalue weighted by Crippen LogP contribution is -2.12. The van der Waals surface area contributed by atoms with Crippen LogP contribution in [-0.2, 0) is 0 Å². The largest absolute Gasteiger partial charge is 0.491 e. The van der Waals surface area contributed by atoms with Crippen LogP contribution < -0.4 is 10.1 Å². The smallest absolute Gasteiger partial charge is 0.144 e. The van der Waals surface area contributed by atoms with Crippen molar-refractivity contribution >= 4 is 19.3 Å². The molecule has 6 nitrogen and oxygen atoms in total. The molecule has 0 aliphatic carbocycles. The van der Waals surface area contributed by atoms with Crippen molar-refractivity contribution in [3.63, 3.8) is 0 Å². The van der Waals surface area contributed by atoms with E-state index in [-0.39, 0.29) is 19.4 Å². The third-order valence-electron chi connectivity index (χ3n) is 4.90. The van der Waals surface area contributed by atoms with Crippen molar-refractivity contribution in [2.24, 2.45) is 0 Å². The fourth-order valence-corrected chi connectivity index (χ4v) is 3.26. The number of hydrogen-bond donors (Lipinski definition) is 1. The van der Waals surface area contributed by atoms with Crippen molar-refractivity contribution < 1.29 is 4.74 Å². The summed E-state index contributed by atoms with van der Waals surface area (Å²) in [5.41, 5.74) is 5.08. The molecular weight excluding hydrogens is 370 g/mol. The monoisotopic (exact) mass is 395 g/mol. The molecular formula is C21H25N5OS. The molecule has 4 heterocycles. The molecule has 3 aromatic rings. The standard InChI is InChI=1S/C21H23N5O.H2S/c1-13(17-6-7-22-20-14(2)11-27-21(17)20)9-24-19-8-18(25-12-26-19)16-5-4-15(3)23-10-16;/h4-8,10,12-14H,9,11H2,1-3H3,(H,24,25,26);1H2/t13-,14+;/m1./s1. The Hall–Kier alpha value is -2.67. The van der Waals surface area contributed by atoms with Gasteiger partial charge in [0.1, 0.15) is 17.9 Å². The van der Waals surface area contributed by atoms with Crippen LogP contribution in [0.1, 0.15) is 42.6 Å². The summed E-state index contributed by atoms with van der Waals surface area (Å²) < 4.78 is 5.88. The molecule has 0 saturated heterocycles. The van der Waals surface area contributed by atoms with E-state index in [9.17, 15) is 0 Å². The molecule has 0 aromatic carbocycles. The predicted octanol–water partition coefficient (Wildman–Crippen LogP) is 4.07. The second-order valence-electron chi connectivity index (χ2n) is 7.09. The number of aryl methyl sites for hydroxylation is 1. The highest BCUT2D eigenvalue weighted by molar-refractivity contribution is 7.59. The van der Waals surface area contributed by atoms with Gasteiger partial charge in [0.15, 0.2) is 0 Å². The first-order chi connectivity index (χ1) is 13.1. The summed E-state index contributed by atoms with van der Waals surface area (Å²) in [6, 6.07) is 8.01. The lowest BCUT2D eigenvalue weighted by Gasteiger charge is -2.16. The molecule has 0 amide bonds. The van der Waals surface area contributed by atoms with Gasteiger partial charge in [0.2, 0.25) is 0 Å². The Kier molecular flexibility index (Phi) is 6.14. The number of ether oxygens (including phenoxy) is 1. The highest BCUT2D eigenvalue weighted by Gasteiger charge is 2.26. The minimum atomic E-state index is 0. The molecule has 0 bridgehead atoms. The molecule has 7 heteroatoms. The van der Waals surface area contributed by atoms with Crippen molar-refractivity contribution in [2.75, 3.05) is 18.5 Å². The molecule has 1 N–H and O–H groups in total. The summed E-state index contributed by atoms with van der Waals surface area (Å²) in [5, 5.41) is 3.42. The number of aromatic nitrogens is 4. The van der Waals surface area contributed by atoms with Crippen LogP contribution in [0.3, 0.4) is 0 Å². The van der Waals surface area contributed by atoms with Gasteiger partial charge in [0.05, 0.1) is 18.0 Å². The zero-order valence-corrected chi connectivity index (χ0v) is 17.3. The van der Waals surface area contributed by atoms with E-state index in [0.717, 1.165) is 40.8 Å². The molecule has 0 spiro atoms. The summed E-state index contributed by atoms with van der Waals surface area (Å²) in [6.07, 6.45) is 5.29. The van der Waals surface area contributed by atoms with Crippen LogP contribution in [0.25, 0.3) is 11.3 Å². The Labute approximate surface area is 172 Å². The number of hydrogen-bond acceptors (Lipinski definition) is 6. The number of nitrogens with one attached hydrogen (secondary N) is 1. The third kappa shape index (κ3) is 4.09. The average Bonchev–Trinajstić information content (AvgIpc) is 3.08. The number of anilines is 1. The summed E-state index contributed by atoms with van der Waals surface area (Å²) >= 11 is 0. The maximum atomic E-state index is 5.88. The van der Waals surface area contributed by atoms with Gasteiger partial charge in [0.25, 0.3) is 0 Å². The van der Waals surface area contributed by atoms with Gasteiger partial charge in [-0.2, -0.15) is 13.5 Å². The van der Waals surface area contributed by atoms with Gasteiger partial charge in [-0.15, -0.1) is 0 Å². The van der Waals surface area contributed by atoms with E-state index in [4.69, 9.17) is 4.74 Å². The van der Waals surface area contributed by atoms with E-state index in [1.807, 2.05) is 43.6 Å². The SMILES string of the molecule is Cc1ccc(-c2cc(NC[C@@H](C)c3ccnc4c3OC[C@@H]4C)ncn2)cn1.S. The van der Waals surface area contributed by atoms with Gasteiger partial charge >= 0.3 is 0 Å². The van der Waals surface area contributed by atoms with Crippen LogP contribution in [0.5, 0.6) is 5.75 Å². The molecule has 4 rings (SSSR count). The first kappa shape index (κ1) is 20.1. The van der Waals surface area contributed by atoms with Crippen LogP contribution in [0, 0.1) is 6.92 Å². The number of fused-ring (bicyclic) bond motifs is 1. The predicted molar refractivity (Wildman–Crippen MR) is 115 cm³/mol. The first-order valence-corrected chi connectivity index (χ1v) is 9.22. The Balaban J connectivity index is 0.00000225. The number of nitrogens with zero attached hydrogens (tertiary/aromatic N) is 4. The molecule has 0 saturated carbocycles. The van der Waals surface area contributed by atoms with Crippen molar-refractivity contribution in [3.8, 4) is 17.0 Å². The number of rotatable bonds is 5. The molecule has 1 aliphatic heterocycles. The van der Waals surface area contributed by atoms with Gasteiger partial charge in [-0.25, -0.2) is 9.97 Å². The quantitative estimate of drug-likeness (QED) is 0.702. The minimum absolute atomic E-state index is 0. The van der Waals surface area contributed by atoms with Gasteiger partial charge in [-0.3, -0.25) is 9.97 Å². The molecule has 146 valence electrons. The fourth-order valence-electron chi connectivity index (χ4n) is 3.26. The Morgan fingerprint density at radius 2 is 2.04 bits per heavy atom. The minimum Gasteiger partial charge on any atom is -0.491 e. The van der Waals surface area contributed by atoms with Crippen molar-refractivity contribution in [3.05, 3.63) is 59.9 Å². The molecule has 1 aliphatic rings. The molecule has 0 radical (unpaired) electrons. The molecule has 3 aromatic heterocycles. The summed E-state index contributed by atoms with van der Waals surface area (Å²) in [4.78, 5) is 17.5. The van der Waals surface area contributed by atoms with Gasteiger partial charge < -0.3 is 10.1 Å². The Morgan fingerprint density at radius 1 is 1.18 bits per heavy atom. The normalized spacial score (nSPS) is 15.9. The van der Waals surface area contributed by atoms with Crippen molar-refractivity contribution in [1.29, 1.82) is 0 Å². The van der Waals surface area contributed by atoms with E-state index in [2.05, 4.69) is 39.1 Å². The lowest BCUT2D eigenvalue weighted by atomic mass is 9.98. The van der Waals surface area contributed by atoms with E-state index in [0.29, 0.717) is 12.5 Å². The van der Waals surface area contributed by atoms with Gasteiger partial charge in [-0.1, -0.05) is 13.8 Å². The maximum absolute atomic E-state index is 5.88. The molecule has 2 atom stereocenters. The molecule has 0 fully saturated rings. The Morgan fingerprint density at radius 3 is 2.82 bits per heavy atom. The summed E-state index contributed by atoms with van der Waals surface area (Å²) in [6.45, 7) is 7.75. The van der Waals surface area contributed by atoms with Crippen LogP contribution in [0.2, 0.25) is 0 Å². The summed E-state index contributed by atoms with van der Waals surface area (Å²) in [7, 11) is 0. The second kappa shape index (κ2) is 8.56. The second-order valence-corrected chi connectivity index (χ2v) is 7.09. The van der Waals surface area contributed by atoms with Crippen LogP contribution >= 0.6 is 13.5 Å². The van der Waals surface area contributed by atoms with Crippen molar-refractivity contribution in [1.82, 2.24) is 19.9 Å². The van der Waals surface area contributed by atoms with Crippen LogP contribution in [0.4, 0.5) is 5.82 Å². The summed E-state index contributed by atoms with van der Waals surface area (Å²) in [5.74, 6) is 2.37. The highest BCUT2D eigenvalue weighted by atomic mass is 32.1. The average molecular weight is 396 g/mol. The van der Waals surface area contributed by atoms with E-state index < -0.39 is 0 Å². The molecule has 0 unspecified atom stereocenters. The zero-order chi connectivity index (χ0) is 18.8. The first-order valence-electron chi connectivity index (χ1n) is 9.22. The molecule has 28 heavy (non-hydrogen) atoms. The fraction of sp³-hybridized carbons (Fsp3) is 0.333. The number of pyridine rings is 2. The topological polar surface area (TPSA) is 72.8 Å². The lowest BCUT2D eigenvalue weighted by molar-refractivity contribution is 0.333. The zero-order valence-electron chi connectivity index (χ0n) is 16.3. The van der Waals surface area contributed by atoms with E-state index in [1.165, 1.54) is 5.56 Å².